The predicted molar refractivity (Wildman–Crippen MR) is 53.6 cm³/mol. The van der Waals surface area contributed by atoms with E-state index in [9.17, 15) is 0 Å². The van der Waals surface area contributed by atoms with Gasteiger partial charge in [-0.15, -0.1) is 5.10 Å². The second-order valence-corrected chi connectivity index (χ2v) is 3.50. The summed E-state index contributed by atoms with van der Waals surface area (Å²) in [5, 5.41) is 6.55. The summed E-state index contributed by atoms with van der Waals surface area (Å²) in [5.74, 6) is 2.16. The molecule has 0 aliphatic rings. The van der Waals surface area contributed by atoms with Crippen LogP contribution in [0, 0.1) is 25.6 Å². The average molecular weight is 210 g/mol. The molecule has 0 atom stereocenters. The fourth-order valence-electron chi connectivity index (χ4n) is 1.45. The van der Waals surface area contributed by atoms with E-state index in [1.165, 1.54) is 0 Å². The van der Waals surface area contributed by atoms with Crippen LogP contribution in [0.15, 0.2) is 8.83 Å². The Hall–Kier alpha value is -1.36. The molecule has 0 spiro atoms. The summed E-state index contributed by atoms with van der Waals surface area (Å²) in [7, 11) is 0. The Morgan fingerprint density at radius 2 is 1.86 bits per heavy atom. The van der Waals surface area contributed by atoms with E-state index < -0.39 is 0 Å². The molecule has 4 nitrogen and oxygen atoms in total. The van der Waals surface area contributed by atoms with Crippen LogP contribution in [0.4, 0.5) is 0 Å². The van der Waals surface area contributed by atoms with Gasteiger partial charge in [0.15, 0.2) is 0 Å². The summed E-state index contributed by atoms with van der Waals surface area (Å²) >= 11 is 4.81. The number of nitrogens with one attached hydrogen (secondary N) is 1. The van der Waals surface area contributed by atoms with Crippen LogP contribution in [0.1, 0.15) is 17.1 Å². The molecular formula is C9H10N2O2S. The maximum Gasteiger partial charge on any atom is 0.284 e. The zero-order valence-electron chi connectivity index (χ0n) is 8.17. The van der Waals surface area contributed by atoms with Gasteiger partial charge < -0.3 is 8.83 Å². The molecule has 2 rings (SSSR count). The van der Waals surface area contributed by atoms with Crippen LogP contribution >= 0.6 is 12.2 Å². The first-order chi connectivity index (χ1) is 6.59. The molecule has 0 saturated carbocycles. The predicted octanol–water partition coefficient (Wildman–Crippen LogP) is 2.92. The number of rotatable bonds is 1. The lowest BCUT2D eigenvalue weighted by atomic mass is 10.1. The first kappa shape index (κ1) is 9.21. The third-order valence-corrected chi connectivity index (χ3v) is 2.39. The van der Waals surface area contributed by atoms with E-state index in [0.717, 1.165) is 22.6 Å². The van der Waals surface area contributed by atoms with Crippen molar-refractivity contribution in [1.82, 2.24) is 10.2 Å². The van der Waals surface area contributed by atoms with Gasteiger partial charge in [0.2, 0.25) is 5.89 Å². The number of aromatic amines is 1. The number of aromatic nitrogens is 2. The first-order valence-electron chi connectivity index (χ1n) is 4.22. The molecule has 0 fully saturated rings. The standard InChI is InChI=1S/C9H10N2O2S/c1-4-5(2)12-6(3)7(4)8-10-11-9(14)13-8/h1-3H3,(H,11,14). The summed E-state index contributed by atoms with van der Waals surface area (Å²) < 4.78 is 10.7. The van der Waals surface area contributed by atoms with Crippen LogP contribution < -0.4 is 0 Å². The van der Waals surface area contributed by atoms with E-state index in [-0.39, 0.29) is 4.84 Å². The third-order valence-electron chi connectivity index (χ3n) is 2.21. The molecule has 0 saturated heterocycles. The summed E-state index contributed by atoms with van der Waals surface area (Å²) in [6.45, 7) is 5.75. The Labute approximate surface area is 85.9 Å². The van der Waals surface area contributed by atoms with E-state index >= 15 is 0 Å². The highest BCUT2D eigenvalue weighted by molar-refractivity contribution is 7.71. The maximum atomic E-state index is 5.46. The van der Waals surface area contributed by atoms with Gasteiger partial charge in [-0.05, 0) is 33.0 Å². The van der Waals surface area contributed by atoms with Gasteiger partial charge in [-0.2, -0.15) is 0 Å². The number of furan rings is 1. The SMILES string of the molecule is Cc1oc(C)c(-c2n[nH]c(=S)o2)c1C. The highest BCUT2D eigenvalue weighted by atomic mass is 32.1. The largest absolute Gasteiger partial charge is 0.466 e. The minimum Gasteiger partial charge on any atom is -0.466 e. The second kappa shape index (κ2) is 3.09. The van der Waals surface area contributed by atoms with Crippen molar-refractivity contribution >= 4 is 12.2 Å². The summed E-state index contributed by atoms with van der Waals surface area (Å²) in [6.07, 6.45) is 0. The quantitative estimate of drug-likeness (QED) is 0.735. The third kappa shape index (κ3) is 1.29. The van der Waals surface area contributed by atoms with Gasteiger partial charge in [-0.3, -0.25) is 0 Å². The van der Waals surface area contributed by atoms with Crippen LogP contribution in [0.2, 0.25) is 0 Å². The van der Waals surface area contributed by atoms with Crippen molar-refractivity contribution in [3.8, 4) is 11.5 Å². The molecule has 2 heterocycles. The van der Waals surface area contributed by atoms with Crippen molar-refractivity contribution < 1.29 is 8.83 Å². The highest BCUT2D eigenvalue weighted by Gasteiger charge is 2.17. The van der Waals surface area contributed by atoms with Gasteiger partial charge in [-0.25, -0.2) is 5.10 Å². The summed E-state index contributed by atoms with van der Waals surface area (Å²) in [6, 6.07) is 0. The number of aryl methyl sites for hydroxylation is 2. The van der Waals surface area contributed by atoms with Gasteiger partial charge in [0.25, 0.3) is 4.84 Å². The molecule has 2 aromatic rings. The van der Waals surface area contributed by atoms with E-state index in [1.807, 2.05) is 20.8 Å². The highest BCUT2D eigenvalue weighted by Crippen LogP contribution is 2.29. The molecule has 0 unspecified atom stereocenters. The lowest BCUT2D eigenvalue weighted by Crippen LogP contribution is -1.81. The lowest BCUT2D eigenvalue weighted by molar-refractivity contribution is 0.500. The van der Waals surface area contributed by atoms with Crippen molar-refractivity contribution in [2.24, 2.45) is 0 Å². The molecule has 0 radical (unpaired) electrons. The Morgan fingerprint density at radius 1 is 1.14 bits per heavy atom. The fraction of sp³-hybridized carbons (Fsp3) is 0.333. The van der Waals surface area contributed by atoms with Crippen molar-refractivity contribution in [2.75, 3.05) is 0 Å². The Balaban J connectivity index is 2.67. The smallest absolute Gasteiger partial charge is 0.284 e. The topological polar surface area (TPSA) is 55.0 Å². The van der Waals surface area contributed by atoms with Crippen molar-refractivity contribution in [3.05, 3.63) is 21.9 Å². The van der Waals surface area contributed by atoms with Crippen LogP contribution in [-0.4, -0.2) is 10.2 Å². The van der Waals surface area contributed by atoms with Gasteiger partial charge in [0, 0.05) is 5.56 Å². The molecule has 14 heavy (non-hydrogen) atoms. The summed E-state index contributed by atoms with van der Waals surface area (Å²) in [4.78, 5) is 0.276. The molecule has 0 aliphatic heterocycles. The van der Waals surface area contributed by atoms with Gasteiger partial charge in [0.05, 0.1) is 5.56 Å². The molecule has 0 aromatic carbocycles. The van der Waals surface area contributed by atoms with E-state index in [2.05, 4.69) is 10.2 Å². The number of nitrogens with zero attached hydrogens (tertiary/aromatic N) is 1. The second-order valence-electron chi connectivity index (χ2n) is 3.13. The molecule has 0 aliphatic carbocycles. The molecule has 74 valence electrons. The summed E-state index contributed by atoms with van der Waals surface area (Å²) in [5.41, 5.74) is 1.92. The van der Waals surface area contributed by atoms with E-state index in [1.54, 1.807) is 0 Å². The number of H-pyrrole nitrogens is 1. The minimum atomic E-state index is 0.276. The molecular weight excluding hydrogens is 200 g/mol. The zero-order chi connectivity index (χ0) is 10.3. The van der Waals surface area contributed by atoms with E-state index in [4.69, 9.17) is 21.1 Å². The van der Waals surface area contributed by atoms with Crippen LogP contribution in [0.5, 0.6) is 0 Å². The Morgan fingerprint density at radius 3 is 2.29 bits per heavy atom. The minimum absolute atomic E-state index is 0.276. The van der Waals surface area contributed by atoms with Gasteiger partial charge in [-0.1, -0.05) is 0 Å². The normalized spacial score (nSPS) is 10.8. The molecule has 0 bridgehead atoms. The van der Waals surface area contributed by atoms with Crippen molar-refractivity contribution in [3.63, 3.8) is 0 Å². The number of hydrogen-bond donors (Lipinski definition) is 1. The fourth-order valence-corrected chi connectivity index (χ4v) is 1.57. The lowest BCUT2D eigenvalue weighted by Gasteiger charge is -1.91. The molecule has 2 aromatic heterocycles. The Kier molecular flexibility index (Phi) is 2.03. The zero-order valence-corrected chi connectivity index (χ0v) is 8.99. The van der Waals surface area contributed by atoms with Crippen LogP contribution in [0.25, 0.3) is 11.5 Å². The monoisotopic (exact) mass is 210 g/mol. The first-order valence-corrected chi connectivity index (χ1v) is 4.63. The molecule has 0 amide bonds. The van der Waals surface area contributed by atoms with E-state index in [0.29, 0.717) is 5.89 Å². The van der Waals surface area contributed by atoms with Gasteiger partial charge >= 0.3 is 0 Å². The van der Waals surface area contributed by atoms with Crippen molar-refractivity contribution in [2.45, 2.75) is 20.8 Å². The number of hydrogen-bond acceptors (Lipinski definition) is 4. The van der Waals surface area contributed by atoms with Gasteiger partial charge in [0.1, 0.15) is 11.5 Å². The average Bonchev–Trinajstić information content (AvgIpc) is 2.60. The molecule has 5 heteroatoms. The molecule has 1 N–H and O–H groups in total. The Bertz CT molecular complexity index is 521. The maximum absolute atomic E-state index is 5.46. The van der Waals surface area contributed by atoms with Crippen molar-refractivity contribution in [1.29, 1.82) is 0 Å². The van der Waals surface area contributed by atoms with Crippen LogP contribution in [0.3, 0.4) is 0 Å². The van der Waals surface area contributed by atoms with Crippen LogP contribution in [-0.2, 0) is 0 Å².